The number of carbonyl (C=O) groups is 2. The Morgan fingerprint density at radius 3 is 2.44 bits per heavy atom. The summed E-state index contributed by atoms with van der Waals surface area (Å²) >= 11 is 0. The van der Waals surface area contributed by atoms with Gasteiger partial charge in [-0.25, -0.2) is 19.4 Å². The SMILES string of the molecule is COC.Cc1cc(C)n(-c2cc(C(CC=O)CN3CC[C@@H](CCCc4ccc5cccnc5n4)C3)cc(N3CCN(C(=O)OC(C)(C)C)CC3)c2)n1. The van der Waals surface area contributed by atoms with Gasteiger partial charge in [-0.1, -0.05) is 0 Å². The van der Waals surface area contributed by atoms with E-state index in [1.807, 2.05) is 38.4 Å². The standard InChI is InChI=1S/C39H51N7O3.C2H6O/c1-28-22-29(2)46(42-28)36-24-33(23-35(25-36)44-17-19-45(20-18-44)38(48)49-39(3,4)5)32(14-21-47)27-43-16-13-30(26-43)8-6-10-34-12-11-31-9-7-15-40-37(31)41-34;1-3-2/h7,9,11-12,15,21-25,30,32H,6,8,10,13-14,16-20,26-27H2,1-5H3;1-2H3/t30-,32?;/m1./s1. The van der Waals surface area contributed by atoms with Crippen molar-refractivity contribution in [2.45, 2.75) is 78.2 Å². The van der Waals surface area contributed by atoms with Crippen molar-refractivity contribution in [3.05, 3.63) is 77.4 Å². The van der Waals surface area contributed by atoms with Crippen molar-refractivity contribution in [3.8, 4) is 5.69 Å². The summed E-state index contributed by atoms with van der Waals surface area (Å²) in [6.07, 6.45) is 7.50. The van der Waals surface area contributed by atoms with Gasteiger partial charge in [-0.15, -0.1) is 0 Å². The zero-order valence-electron chi connectivity index (χ0n) is 32.2. The van der Waals surface area contributed by atoms with Crippen molar-refractivity contribution in [2.75, 3.05) is 64.9 Å². The summed E-state index contributed by atoms with van der Waals surface area (Å²) in [4.78, 5) is 40.7. The molecule has 2 aliphatic rings. The fourth-order valence-corrected chi connectivity index (χ4v) is 7.28. The van der Waals surface area contributed by atoms with Gasteiger partial charge in [-0.3, -0.25) is 0 Å². The zero-order chi connectivity index (χ0) is 37.3. The lowest BCUT2D eigenvalue weighted by Gasteiger charge is -2.37. The van der Waals surface area contributed by atoms with E-state index in [9.17, 15) is 9.59 Å². The minimum absolute atomic E-state index is 0.0734. The number of hydrogen-bond donors (Lipinski definition) is 0. The Balaban J connectivity index is 0.00000168. The molecule has 2 aliphatic heterocycles. The average Bonchev–Trinajstić information content (AvgIpc) is 3.71. The van der Waals surface area contributed by atoms with E-state index in [1.165, 1.54) is 12.8 Å². The van der Waals surface area contributed by atoms with Gasteiger partial charge < -0.3 is 29.0 Å². The molecule has 2 atom stereocenters. The summed E-state index contributed by atoms with van der Waals surface area (Å²) in [6, 6.07) is 17.0. The molecular weight excluding hydrogens is 654 g/mol. The van der Waals surface area contributed by atoms with E-state index in [2.05, 4.69) is 68.9 Å². The van der Waals surface area contributed by atoms with Crippen molar-refractivity contribution in [3.63, 3.8) is 0 Å². The molecule has 0 saturated carbocycles. The van der Waals surface area contributed by atoms with Crippen LogP contribution in [-0.2, 0) is 20.7 Å². The number of pyridine rings is 2. The number of aryl methyl sites for hydroxylation is 3. The van der Waals surface area contributed by atoms with Crippen LogP contribution < -0.4 is 4.90 Å². The molecule has 2 saturated heterocycles. The number of carbonyl (C=O) groups excluding carboxylic acids is 2. The third kappa shape index (κ3) is 10.6. The Kier molecular flexibility index (Phi) is 13.4. The highest BCUT2D eigenvalue weighted by Gasteiger charge is 2.28. The van der Waals surface area contributed by atoms with Gasteiger partial charge >= 0.3 is 6.09 Å². The van der Waals surface area contributed by atoms with Crippen LogP contribution in [0.4, 0.5) is 10.5 Å². The van der Waals surface area contributed by atoms with Gasteiger partial charge in [-0.05, 0) is 127 Å². The molecule has 0 N–H and O–H groups in total. The second-order valence-corrected chi connectivity index (χ2v) is 15.2. The highest BCUT2D eigenvalue weighted by molar-refractivity contribution is 5.74. The van der Waals surface area contributed by atoms with Crippen molar-refractivity contribution < 1.29 is 19.1 Å². The molecule has 0 bridgehead atoms. The molecule has 1 amide bonds. The second-order valence-electron chi connectivity index (χ2n) is 15.2. The van der Waals surface area contributed by atoms with Gasteiger partial charge in [0.1, 0.15) is 11.9 Å². The molecule has 280 valence electrons. The number of anilines is 1. The lowest BCUT2D eigenvalue weighted by Crippen LogP contribution is -2.50. The van der Waals surface area contributed by atoms with Crippen LogP contribution in [0.15, 0.2) is 54.7 Å². The first kappa shape index (κ1) is 38.9. The molecule has 4 aromatic rings. The maximum Gasteiger partial charge on any atom is 0.410 e. The van der Waals surface area contributed by atoms with Gasteiger partial charge in [0.05, 0.1) is 11.4 Å². The molecule has 1 unspecified atom stereocenters. The lowest BCUT2D eigenvalue weighted by molar-refractivity contribution is -0.108. The molecule has 52 heavy (non-hydrogen) atoms. The fraction of sp³-hybridized carbons (Fsp3) is 0.537. The zero-order valence-corrected chi connectivity index (χ0v) is 32.2. The number of piperazine rings is 1. The first-order valence-corrected chi connectivity index (χ1v) is 18.6. The van der Waals surface area contributed by atoms with Crippen LogP contribution in [0.5, 0.6) is 0 Å². The number of benzene rings is 1. The lowest BCUT2D eigenvalue weighted by atomic mass is 9.94. The van der Waals surface area contributed by atoms with E-state index >= 15 is 0 Å². The highest BCUT2D eigenvalue weighted by atomic mass is 16.6. The smallest absolute Gasteiger partial charge is 0.410 e. The number of aromatic nitrogens is 4. The quantitative estimate of drug-likeness (QED) is 0.156. The summed E-state index contributed by atoms with van der Waals surface area (Å²) < 4.78 is 11.9. The van der Waals surface area contributed by atoms with Crippen molar-refractivity contribution in [1.29, 1.82) is 0 Å². The highest BCUT2D eigenvalue weighted by Crippen LogP contribution is 2.32. The predicted molar refractivity (Wildman–Crippen MR) is 206 cm³/mol. The minimum atomic E-state index is -0.520. The third-order valence-corrected chi connectivity index (χ3v) is 9.74. The van der Waals surface area contributed by atoms with E-state index in [0.29, 0.717) is 38.5 Å². The molecule has 2 fully saturated rings. The van der Waals surface area contributed by atoms with E-state index < -0.39 is 5.60 Å². The Hall–Kier alpha value is -4.35. The van der Waals surface area contributed by atoms with Gasteiger partial charge in [0, 0.05) is 94.5 Å². The van der Waals surface area contributed by atoms with Crippen molar-refractivity contribution in [1.82, 2.24) is 29.5 Å². The van der Waals surface area contributed by atoms with Crippen LogP contribution in [0, 0.1) is 19.8 Å². The van der Waals surface area contributed by atoms with Crippen molar-refractivity contribution in [2.24, 2.45) is 5.92 Å². The number of methoxy groups -OCH3 is 1. The minimum Gasteiger partial charge on any atom is -0.444 e. The molecule has 11 nitrogen and oxygen atoms in total. The molecular formula is C41H57N7O4. The van der Waals surface area contributed by atoms with Gasteiger partial charge in [0.2, 0.25) is 0 Å². The average molecular weight is 712 g/mol. The Morgan fingerprint density at radius 1 is 1.00 bits per heavy atom. The molecule has 0 radical (unpaired) electrons. The van der Waals surface area contributed by atoms with Crippen LogP contribution in [-0.4, -0.2) is 108 Å². The Bertz CT molecular complexity index is 1780. The normalized spacial score (nSPS) is 17.2. The molecule has 3 aromatic heterocycles. The first-order valence-electron chi connectivity index (χ1n) is 18.6. The first-order chi connectivity index (χ1) is 25.0. The monoisotopic (exact) mass is 711 g/mol. The van der Waals surface area contributed by atoms with E-state index in [0.717, 1.165) is 83.8 Å². The number of rotatable bonds is 11. The molecule has 11 heteroatoms. The fourth-order valence-electron chi connectivity index (χ4n) is 7.28. The number of fused-ring (bicyclic) bond motifs is 1. The molecule has 1 aromatic carbocycles. The summed E-state index contributed by atoms with van der Waals surface area (Å²) in [5, 5.41) is 5.88. The van der Waals surface area contributed by atoms with Gasteiger partial charge in [0.25, 0.3) is 0 Å². The Morgan fingerprint density at radius 2 is 1.75 bits per heavy atom. The molecule has 0 aliphatic carbocycles. The predicted octanol–water partition coefficient (Wildman–Crippen LogP) is 6.77. The molecule has 0 spiro atoms. The van der Waals surface area contributed by atoms with Crippen LogP contribution >= 0.6 is 0 Å². The van der Waals surface area contributed by atoms with Crippen LogP contribution in [0.2, 0.25) is 0 Å². The van der Waals surface area contributed by atoms with E-state index in [1.54, 1.807) is 25.3 Å². The number of hydrogen-bond acceptors (Lipinski definition) is 9. The largest absolute Gasteiger partial charge is 0.444 e. The summed E-state index contributed by atoms with van der Waals surface area (Å²) in [5.74, 6) is 0.720. The summed E-state index contributed by atoms with van der Waals surface area (Å²) in [6.45, 7) is 15.3. The van der Waals surface area contributed by atoms with Gasteiger partial charge in [-0.2, -0.15) is 5.10 Å². The maximum absolute atomic E-state index is 12.7. The Labute approximate surface area is 309 Å². The number of amides is 1. The van der Waals surface area contributed by atoms with Gasteiger partial charge in [0.15, 0.2) is 5.65 Å². The van der Waals surface area contributed by atoms with Crippen LogP contribution in [0.3, 0.4) is 0 Å². The second kappa shape index (κ2) is 17.9. The summed E-state index contributed by atoms with van der Waals surface area (Å²) in [5.41, 5.74) is 6.69. The maximum atomic E-state index is 12.7. The van der Waals surface area contributed by atoms with E-state index in [4.69, 9.17) is 14.8 Å². The summed E-state index contributed by atoms with van der Waals surface area (Å²) in [7, 11) is 3.25. The topological polar surface area (TPSA) is 106 Å². The van der Waals surface area contributed by atoms with Crippen LogP contribution in [0.25, 0.3) is 16.7 Å². The molecule has 5 heterocycles. The number of likely N-dealkylation sites (tertiary alicyclic amines) is 1. The van der Waals surface area contributed by atoms with Crippen LogP contribution in [0.1, 0.15) is 75.0 Å². The van der Waals surface area contributed by atoms with E-state index in [-0.39, 0.29) is 12.0 Å². The molecule has 6 rings (SSSR count). The number of aldehydes is 1. The number of nitrogens with zero attached hydrogens (tertiary/aromatic N) is 7. The number of ether oxygens (including phenoxy) is 2. The van der Waals surface area contributed by atoms with Crippen molar-refractivity contribution >= 4 is 29.1 Å². The third-order valence-electron chi connectivity index (χ3n) is 9.74.